The number of nitrogens with zero attached hydrogens (tertiary/aromatic N) is 6. The summed E-state index contributed by atoms with van der Waals surface area (Å²) in [5.41, 5.74) is 1.11. The molecule has 1 N–H and O–H groups in total. The number of amides is 3. The molecule has 3 amide bonds. The number of aliphatic hydroxyl groups excluding tert-OH is 1. The van der Waals surface area contributed by atoms with Crippen LogP contribution in [0.25, 0.3) is 11.0 Å². The molecule has 0 radical (unpaired) electrons. The fraction of sp³-hybridized carbons (Fsp3) is 0.441. The van der Waals surface area contributed by atoms with Crippen molar-refractivity contribution in [1.82, 2.24) is 29.7 Å². The third-order valence-corrected chi connectivity index (χ3v) is 9.55. The van der Waals surface area contributed by atoms with E-state index in [1.54, 1.807) is 14.5 Å². The van der Waals surface area contributed by atoms with Gasteiger partial charge in [-0.2, -0.15) is 0 Å². The SMILES string of the molecule is CC(C)C[C@H](CO)N1C(=O)[C@@H]2[C@H]3C(=O)N(Cc4ccccc4)CC=C[C@H]3O[C@@]23C=CCN(Cn2nnc4ccccc42)C(=O)C13. The molecule has 1 aromatic heterocycles. The highest BCUT2D eigenvalue weighted by Gasteiger charge is 2.72. The number of likely N-dealkylation sites (tertiary alicyclic amines) is 1. The van der Waals surface area contributed by atoms with Crippen LogP contribution in [0.1, 0.15) is 25.8 Å². The molecule has 0 aliphatic carbocycles. The molecule has 45 heavy (non-hydrogen) atoms. The van der Waals surface area contributed by atoms with E-state index in [0.29, 0.717) is 25.0 Å². The molecule has 2 saturated heterocycles. The lowest BCUT2D eigenvalue weighted by atomic mass is 9.77. The van der Waals surface area contributed by atoms with Gasteiger partial charge in [-0.15, -0.1) is 5.10 Å². The lowest BCUT2D eigenvalue weighted by molar-refractivity contribution is -0.152. The first kappa shape index (κ1) is 29.4. The van der Waals surface area contributed by atoms with Crippen molar-refractivity contribution in [2.45, 2.75) is 57.3 Å². The van der Waals surface area contributed by atoms with Gasteiger partial charge >= 0.3 is 0 Å². The first-order valence-corrected chi connectivity index (χ1v) is 15.7. The molecular weight excluding hydrogens is 572 g/mol. The number of fused-ring (bicyclic) bond motifs is 3. The van der Waals surface area contributed by atoms with Crippen LogP contribution < -0.4 is 0 Å². The fourth-order valence-corrected chi connectivity index (χ4v) is 7.65. The molecule has 5 heterocycles. The van der Waals surface area contributed by atoms with Crippen molar-refractivity contribution < 1.29 is 24.2 Å². The molecule has 1 unspecified atom stereocenters. The van der Waals surface area contributed by atoms with Crippen molar-refractivity contribution in [2.75, 3.05) is 19.7 Å². The lowest BCUT2D eigenvalue weighted by Crippen LogP contribution is -2.58. The zero-order valence-electron chi connectivity index (χ0n) is 25.5. The zero-order valence-corrected chi connectivity index (χ0v) is 25.5. The third kappa shape index (κ3) is 4.85. The lowest BCUT2D eigenvalue weighted by Gasteiger charge is -2.39. The van der Waals surface area contributed by atoms with E-state index in [1.807, 2.05) is 92.7 Å². The standard InChI is InChI=1S/C34H38N6O5/c1-22(2)18-24(20-41)40-30-33(44)38(21-39-26-13-7-6-12-25(26)35-36-39)17-9-15-34(30)29(32(40)43)28-27(45-34)14-8-16-37(31(28)42)19-23-10-4-3-5-11-23/h3-15,22,24,27-30,41H,16-21H2,1-2H3/t24-,27-,28+,29+,30?,34+/m1/s1. The van der Waals surface area contributed by atoms with E-state index in [-0.39, 0.29) is 43.5 Å². The number of hydrogen-bond donors (Lipinski definition) is 1. The van der Waals surface area contributed by atoms with Gasteiger partial charge < -0.3 is 24.5 Å². The Morgan fingerprint density at radius 2 is 1.71 bits per heavy atom. The minimum Gasteiger partial charge on any atom is -0.394 e. The van der Waals surface area contributed by atoms with E-state index in [4.69, 9.17) is 4.74 Å². The molecule has 4 aliphatic rings. The van der Waals surface area contributed by atoms with E-state index in [1.165, 1.54) is 4.90 Å². The van der Waals surface area contributed by atoms with Crippen LogP contribution in [0, 0.1) is 17.8 Å². The molecule has 2 aromatic carbocycles. The Bertz CT molecular complexity index is 1670. The molecule has 0 saturated carbocycles. The first-order chi connectivity index (χ1) is 21.8. The average molecular weight is 611 g/mol. The van der Waals surface area contributed by atoms with Crippen LogP contribution in [0.5, 0.6) is 0 Å². The summed E-state index contributed by atoms with van der Waals surface area (Å²) in [5, 5.41) is 19.1. The average Bonchev–Trinajstić information content (AvgIpc) is 3.60. The minimum atomic E-state index is -1.37. The smallest absolute Gasteiger partial charge is 0.250 e. The Balaban J connectivity index is 1.28. The highest BCUT2D eigenvalue weighted by Crippen LogP contribution is 2.54. The molecule has 4 aliphatic heterocycles. The number of carbonyl (C=O) groups excluding carboxylic acids is 3. The summed E-state index contributed by atoms with van der Waals surface area (Å²) >= 11 is 0. The van der Waals surface area contributed by atoms with E-state index in [0.717, 1.165) is 11.1 Å². The van der Waals surface area contributed by atoms with E-state index in [9.17, 15) is 19.5 Å². The van der Waals surface area contributed by atoms with Gasteiger partial charge in [0.2, 0.25) is 11.8 Å². The molecule has 6 atom stereocenters. The minimum absolute atomic E-state index is 0.119. The zero-order chi connectivity index (χ0) is 31.3. The van der Waals surface area contributed by atoms with Gasteiger partial charge in [-0.3, -0.25) is 14.4 Å². The molecule has 234 valence electrons. The number of benzene rings is 2. The summed E-state index contributed by atoms with van der Waals surface area (Å²) in [4.78, 5) is 48.6. The summed E-state index contributed by atoms with van der Waals surface area (Å²) in [6.07, 6.45) is 7.30. The van der Waals surface area contributed by atoms with Crippen LogP contribution in [0.2, 0.25) is 0 Å². The van der Waals surface area contributed by atoms with Gasteiger partial charge in [-0.25, -0.2) is 4.68 Å². The van der Waals surface area contributed by atoms with Crippen molar-refractivity contribution in [3.8, 4) is 0 Å². The van der Waals surface area contributed by atoms with Crippen LogP contribution in [-0.4, -0.2) is 96.0 Å². The van der Waals surface area contributed by atoms with Crippen molar-refractivity contribution in [2.24, 2.45) is 17.8 Å². The first-order valence-electron chi connectivity index (χ1n) is 15.7. The van der Waals surface area contributed by atoms with E-state index >= 15 is 0 Å². The Morgan fingerprint density at radius 1 is 0.956 bits per heavy atom. The number of aromatic nitrogens is 3. The second-order valence-electron chi connectivity index (χ2n) is 12.9. The Labute approximate surface area is 261 Å². The van der Waals surface area contributed by atoms with Crippen molar-refractivity contribution >= 4 is 28.8 Å². The van der Waals surface area contributed by atoms with Crippen LogP contribution in [-0.2, 0) is 32.3 Å². The molecule has 11 nitrogen and oxygen atoms in total. The summed E-state index contributed by atoms with van der Waals surface area (Å²) in [6.45, 7) is 4.90. The molecule has 11 heteroatoms. The molecule has 3 aromatic rings. The predicted octanol–water partition coefficient (Wildman–Crippen LogP) is 2.37. The molecule has 7 rings (SSSR count). The van der Waals surface area contributed by atoms with Crippen LogP contribution in [0.4, 0.5) is 0 Å². The molecule has 0 bridgehead atoms. The normalized spacial score (nSPS) is 28.4. The molecular formula is C34H38N6O5. The Morgan fingerprint density at radius 3 is 2.49 bits per heavy atom. The molecule has 2 fully saturated rings. The third-order valence-electron chi connectivity index (χ3n) is 9.55. The molecule has 1 spiro atoms. The second kappa shape index (κ2) is 11.5. The number of ether oxygens (including phenoxy) is 1. The Kier molecular flexibility index (Phi) is 7.53. The topological polar surface area (TPSA) is 121 Å². The quantitative estimate of drug-likeness (QED) is 0.389. The van der Waals surface area contributed by atoms with Gasteiger partial charge in [0.05, 0.1) is 36.1 Å². The largest absolute Gasteiger partial charge is 0.394 e. The number of para-hydroxylation sites is 1. The maximum absolute atomic E-state index is 14.7. The van der Waals surface area contributed by atoms with Gasteiger partial charge in [-0.1, -0.05) is 85.8 Å². The van der Waals surface area contributed by atoms with E-state index < -0.39 is 35.6 Å². The van der Waals surface area contributed by atoms with Crippen LogP contribution in [0.3, 0.4) is 0 Å². The maximum atomic E-state index is 14.7. The van der Waals surface area contributed by atoms with Crippen molar-refractivity contribution in [1.29, 1.82) is 0 Å². The van der Waals surface area contributed by atoms with Gasteiger partial charge in [-0.05, 0) is 30.0 Å². The highest BCUT2D eigenvalue weighted by molar-refractivity contribution is 6.00. The Hall–Kier alpha value is -4.35. The summed E-state index contributed by atoms with van der Waals surface area (Å²) in [6, 6.07) is 15.6. The van der Waals surface area contributed by atoms with Crippen LogP contribution >= 0.6 is 0 Å². The highest BCUT2D eigenvalue weighted by atomic mass is 16.5. The van der Waals surface area contributed by atoms with E-state index in [2.05, 4.69) is 10.3 Å². The summed E-state index contributed by atoms with van der Waals surface area (Å²) in [7, 11) is 0. The van der Waals surface area contributed by atoms with Gasteiger partial charge in [0.25, 0.3) is 5.91 Å². The second-order valence-corrected chi connectivity index (χ2v) is 12.9. The van der Waals surface area contributed by atoms with Gasteiger partial charge in [0, 0.05) is 19.6 Å². The number of hydrogen-bond acceptors (Lipinski definition) is 7. The van der Waals surface area contributed by atoms with Crippen molar-refractivity contribution in [3.63, 3.8) is 0 Å². The van der Waals surface area contributed by atoms with Gasteiger partial charge in [0.1, 0.15) is 23.8 Å². The number of aliphatic hydroxyl groups is 1. The number of rotatable bonds is 8. The predicted molar refractivity (Wildman–Crippen MR) is 165 cm³/mol. The fourth-order valence-electron chi connectivity index (χ4n) is 7.65. The van der Waals surface area contributed by atoms with Crippen LogP contribution in [0.15, 0.2) is 78.9 Å². The summed E-state index contributed by atoms with van der Waals surface area (Å²) < 4.78 is 8.46. The van der Waals surface area contributed by atoms with Crippen molar-refractivity contribution in [3.05, 3.63) is 84.5 Å². The maximum Gasteiger partial charge on any atom is 0.250 e. The summed E-state index contributed by atoms with van der Waals surface area (Å²) in [5.74, 6) is -2.40. The number of carbonyl (C=O) groups is 3. The monoisotopic (exact) mass is 610 g/mol. The van der Waals surface area contributed by atoms with Gasteiger partial charge in [0.15, 0.2) is 0 Å².